The maximum atomic E-state index is 11.8. The first-order chi connectivity index (χ1) is 13.0. The first-order valence-corrected chi connectivity index (χ1v) is 8.09. The Balaban J connectivity index is 2.85. The number of hydrogen-bond acceptors (Lipinski definition) is 9. The number of benzene rings is 2. The highest BCUT2D eigenvalue weighted by Gasteiger charge is 2.30. The van der Waals surface area contributed by atoms with Crippen LogP contribution in [-0.4, -0.2) is 55.9 Å². The van der Waals surface area contributed by atoms with Crippen molar-refractivity contribution in [3.8, 4) is 34.5 Å². The number of Topliss-reactive ketones (excluding diaryl/α,β-unsaturated/α-hetero) is 2. The first kappa shape index (κ1) is 20.8. The van der Waals surface area contributed by atoms with E-state index in [-0.39, 0.29) is 28.9 Å². The van der Waals surface area contributed by atoms with Crippen molar-refractivity contribution in [2.75, 3.05) is 13.7 Å². The number of hydrogen-bond donors (Lipinski definition) is 6. The summed E-state index contributed by atoms with van der Waals surface area (Å²) in [6.45, 7) is 2.06. The van der Waals surface area contributed by atoms with Gasteiger partial charge in [-0.2, -0.15) is 0 Å². The van der Waals surface area contributed by atoms with Crippen LogP contribution < -0.4 is 0 Å². The van der Waals surface area contributed by atoms with Crippen molar-refractivity contribution in [1.82, 2.24) is 0 Å². The topological polar surface area (TPSA) is 165 Å². The van der Waals surface area contributed by atoms with Crippen LogP contribution in [-0.2, 0) is 4.74 Å². The first-order valence-electron chi connectivity index (χ1n) is 8.09. The monoisotopic (exact) mass is 392 g/mol. The molecule has 28 heavy (non-hydrogen) atoms. The van der Waals surface area contributed by atoms with E-state index in [1.54, 1.807) is 0 Å². The van der Waals surface area contributed by atoms with Gasteiger partial charge in [0.05, 0.1) is 17.7 Å². The maximum Gasteiger partial charge on any atom is 0.201 e. The molecular formula is C19H20O9. The van der Waals surface area contributed by atoms with Gasteiger partial charge in [-0.3, -0.25) is 9.59 Å². The lowest BCUT2D eigenvalue weighted by atomic mass is 9.86. The van der Waals surface area contributed by atoms with Gasteiger partial charge in [-0.25, -0.2) is 0 Å². The van der Waals surface area contributed by atoms with Gasteiger partial charge in [-0.1, -0.05) is 0 Å². The summed E-state index contributed by atoms with van der Waals surface area (Å²) in [7, 11) is 1.30. The Bertz CT molecular complexity index is 887. The number of ether oxygens (including phenoxy) is 1. The number of carbonyl (C=O) groups excluding carboxylic acids is 2. The van der Waals surface area contributed by atoms with E-state index in [9.17, 15) is 40.2 Å². The molecule has 150 valence electrons. The van der Waals surface area contributed by atoms with Gasteiger partial charge in [-0.15, -0.1) is 0 Å². The molecule has 0 spiro atoms. The molecule has 9 heteroatoms. The average molecular weight is 392 g/mol. The van der Waals surface area contributed by atoms with E-state index in [0.29, 0.717) is 0 Å². The normalized spacial score (nSPS) is 11.0. The smallest absolute Gasteiger partial charge is 0.201 e. The molecule has 2 rings (SSSR count). The van der Waals surface area contributed by atoms with Crippen LogP contribution >= 0.6 is 0 Å². The van der Waals surface area contributed by atoms with Gasteiger partial charge in [0.1, 0.15) is 0 Å². The second kappa shape index (κ2) is 7.65. The van der Waals surface area contributed by atoms with Crippen LogP contribution in [0.5, 0.6) is 34.5 Å². The third-order valence-electron chi connectivity index (χ3n) is 4.40. The maximum absolute atomic E-state index is 11.8. The lowest BCUT2D eigenvalue weighted by molar-refractivity contribution is 0.100. The lowest BCUT2D eigenvalue weighted by Crippen LogP contribution is -2.11. The zero-order valence-electron chi connectivity index (χ0n) is 15.3. The Morgan fingerprint density at radius 1 is 0.750 bits per heavy atom. The van der Waals surface area contributed by atoms with Crippen molar-refractivity contribution >= 4 is 11.6 Å². The molecule has 9 nitrogen and oxygen atoms in total. The van der Waals surface area contributed by atoms with Gasteiger partial charge < -0.3 is 35.4 Å². The number of ketones is 2. The fraction of sp³-hybridized carbons (Fsp3) is 0.263. The molecule has 0 radical (unpaired) electrons. The van der Waals surface area contributed by atoms with E-state index in [2.05, 4.69) is 0 Å². The minimum atomic E-state index is -1.08. The van der Waals surface area contributed by atoms with Crippen LogP contribution in [0.2, 0.25) is 0 Å². The van der Waals surface area contributed by atoms with Crippen LogP contribution in [0.4, 0.5) is 0 Å². The second-order valence-corrected chi connectivity index (χ2v) is 6.24. The number of carbonyl (C=O) groups is 2. The van der Waals surface area contributed by atoms with Crippen molar-refractivity contribution in [3.05, 3.63) is 34.4 Å². The molecule has 0 fully saturated rings. The van der Waals surface area contributed by atoms with Gasteiger partial charge in [0, 0.05) is 24.2 Å². The molecule has 6 N–H and O–H groups in total. The van der Waals surface area contributed by atoms with Crippen molar-refractivity contribution < 1.29 is 45.0 Å². The minimum Gasteiger partial charge on any atom is -0.504 e. The van der Waals surface area contributed by atoms with Crippen molar-refractivity contribution in [2.45, 2.75) is 19.8 Å². The average Bonchev–Trinajstić information content (AvgIpc) is 2.63. The third-order valence-corrected chi connectivity index (χ3v) is 4.40. The van der Waals surface area contributed by atoms with Crippen LogP contribution in [0.25, 0.3) is 0 Å². The molecule has 0 aliphatic rings. The number of phenolic OH excluding ortho intramolecular Hbond substituents is 6. The fourth-order valence-corrected chi connectivity index (χ4v) is 2.92. The third kappa shape index (κ3) is 3.39. The van der Waals surface area contributed by atoms with Crippen molar-refractivity contribution in [3.63, 3.8) is 0 Å². The molecular weight excluding hydrogens is 372 g/mol. The van der Waals surface area contributed by atoms with Crippen molar-refractivity contribution in [2.24, 2.45) is 0 Å². The zero-order valence-corrected chi connectivity index (χ0v) is 15.3. The Kier molecular flexibility index (Phi) is 5.70. The molecule has 0 aromatic heterocycles. The summed E-state index contributed by atoms with van der Waals surface area (Å²) in [4.78, 5) is 23.5. The Morgan fingerprint density at radius 3 is 1.39 bits per heavy atom. The van der Waals surface area contributed by atoms with Gasteiger partial charge in [0.15, 0.2) is 34.6 Å². The molecule has 0 heterocycles. The molecule has 0 amide bonds. The van der Waals surface area contributed by atoms with Crippen LogP contribution in [0.3, 0.4) is 0 Å². The summed E-state index contributed by atoms with van der Waals surface area (Å²) in [6, 6.07) is 2.21. The number of aromatic hydroxyl groups is 6. The van der Waals surface area contributed by atoms with E-state index in [1.807, 2.05) is 0 Å². The quantitative estimate of drug-likeness (QED) is 0.319. The molecule has 0 saturated carbocycles. The van der Waals surface area contributed by atoms with E-state index >= 15 is 0 Å². The summed E-state index contributed by atoms with van der Waals surface area (Å²) in [5.74, 6) is -7.36. The second-order valence-electron chi connectivity index (χ2n) is 6.24. The molecule has 2 aromatic rings. The highest BCUT2D eigenvalue weighted by molar-refractivity contribution is 5.99. The largest absolute Gasteiger partial charge is 0.504 e. The van der Waals surface area contributed by atoms with E-state index in [4.69, 9.17) is 4.74 Å². The number of rotatable bonds is 6. The molecule has 0 unspecified atom stereocenters. The molecule has 0 aliphatic carbocycles. The predicted octanol–water partition coefficient (Wildman–Crippen LogP) is 2.10. The standard InChI is InChI=1S/C19H20O9/c1-7(20)9-4-11(16(24)18(26)14(9)22)13(6-28-3)12-5-10(8(2)21)15(23)19(27)17(12)25/h4-5,13,22-27H,6H2,1-3H3. The van der Waals surface area contributed by atoms with Crippen molar-refractivity contribution in [1.29, 1.82) is 0 Å². The van der Waals surface area contributed by atoms with Gasteiger partial charge in [0.2, 0.25) is 11.5 Å². The minimum absolute atomic E-state index is 0.114. The summed E-state index contributed by atoms with van der Waals surface area (Å²) in [5, 5.41) is 60.3. The van der Waals surface area contributed by atoms with Crippen LogP contribution in [0, 0.1) is 0 Å². The van der Waals surface area contributed by atoms with E-state index in [1.165, 1.54) is 7.11 Å². The summed E-state index contributed by atoms with van der Waals surface area (Å²) in [6.07, 6.45) is 0. The summed E-state index contributed by atoms with van der Waals surface area (Å²) < 4.78 is 5.08. The Hall–Kier alpha value is -3.46. The Morgan fingerprint density at radius 2 is 1.11 bits per heavy atom. The van der Waals surface area contributed by atoms with Crippen LogP contribution in [0.1, 0.15) is 51.6 Å². The van der Waals surface area contributed by atoms with Gasteiger partial charge in [-0.05, 0) is 26.0 Å². The highest BCUT2D eigenvalue weighted by Crippen LogP contribution is 2.49. The van der Waals surface area contributed by atoms with Gasteiger partial charge >= 0.3 is 0 Å². The molecule has 2 aromatic carbocycles. The summed E-state index contributed by atoms with van der Waals surface area (Å²) >= 11 is 0. The summed E-state index contributed by atoms with van der Waals surface area (Å²) in [5.41, 5.74) is -0.809. The zero-order chi connectivity index (χ0) is 21.3. The molecule has 0 saturated heterocycles. The number of phenols is 6. The highest BCUT2D eigenvalue weighted by atomic mass is 16.5. The van der Waals surface area contributed by atoms with Gasteiger partial charge in [0.25, 0.3) is 0 Å². The predicted molar refractivity (Wildman–Crippen MR) is 96.6 cm³/mol. The van der Waals surface area contributed by atoms with E-state index < -0.39 is 52.0 Å². The number of methoxy groups -OCH3 is 1. The molecule has 0 aliphatic heterocycles. The molecule has 0 atom stereocenters. The lowest BCUT2D eigenvalue weighted by Gasteiger charge is -2.22. The van der Waals surface area contributed by atoms with Crippen LogP contribution in [0.15, 0.2) is 12.1 Å². The Labute approximate surface area is 159 Å². The molecule has 0 bridgehead atoms. The van der Waals surface area contributed by atoms with E-state index in [0.717, 1.165) is 26.0 Å². The SMILES string of the molecule is COCC(c1cc(C(C)=O)c(O)c(O)c1O)c1cc(C(C)=O)c(O)c(O)c1O. The fourth-order valence-electron chi connectivity index (χ4n) is 2.92.